The molecule has 0 aliphatic carbocycles. The largest absolute Gasteiger partial charge is 0.481 e. The Hall–Kier alpha value is -0.110. The van der Waals surface area contributed by atoms with E-state index in [1.54, 1.807) is 0 Å². The molecule has 0 aliphatic rings. The number of nitrogens with zero attached hydrogens (tertiary/aromatic N) is 1. The summed E-state index contributed by atoms with van der Waals surface area (Å²) < 4.78 is 21.3. The summed E-state index contributed by atoms with van der Waals surface area (Å²) in [5.41, 5.74) is 0. The van der Waals surface area contributed by atoms with E-state index in [-0.39, 0.29) is 0 Å². The first-order valence-corrected chi connectivity index (χ1v) is 10.1. The summed E-state index contributed by atoms with van der Waals surface area (Å²) in [7, 11) is -1.54. The molecule has 0 saturated heterocycles. The first-order valence-electron chi connectivity index (χ1n) is 7.52. The maximum absolute atomic E-state index is 10.6. The van der Waals surface area contributed by atoms with Crippen molar-refractivity contribution in [3.05, 3.63) is 0 Å². The number of aliphatic carboxylic acids is 1. The molecular weight excluding hydrogens is 296 g/mol. The quantitative estimate of drug-likeness (QED) is 0.369. The molecule has 1 N–H and O–H groups in total. The first-order chi connectivity index (χ1) is 9.70. The lowest BCUT2D eigenvalue weighted by Crippen LogP contribution is -2.21. The minimum atomic E-state index is -0.770. The van der Waals surface area contributed by atoms with Gasteiger partial charge in [0.1, 0.15) is 0 Å². The lowest BCUT2D eigenvalue weighted by Gasteiger charge is -2.16. The number of hydrogen-bond acceptors (Lipinski definition) is 4. The molecule has 0 aromatic rings. The van der Waals surface area contributed by atoms with Gasteiger partial charge in [0, 0.05) is 19.0 Å². The van der Waals surface area contributed by atoms with Gasteiger partial charge in [-0.1, -0.05) is 38.5 Å². The molecule has 0 rings (SSSR count). The summed E-state index contributed by atoms with van der Waals surface area (Å²) in [6, 6.07) is 0. The topological polar surface area (TPSA) is 74.7 Å². The fourth-order valence-electron chi connectivity index (χ4n) is 2.14. The fourth-order valence-corrected chi connectivity index (χ4v) is 3.52. The molecule has 0 fully saturated rings. The molecule has 20 heavy (non-hydrogen) atoms. The number of rotatable bonds is 15. The Kier molecular flexibility index (Phi) is 15.2. The van der Waals surface area contributed by atoms with Gasteiger partial charge in [-0.2, -0.15) is 0 Å². The van der Waals surface area contributed by atoms with E-state index in [0.29, 0.717) is 19.0 Å². The summed E-state index contributed by atoms with van der Waals surface area (Å²) in [6.07, 6.45) is 10.2. The van der Waals surface area contributed by atoms with Crippen molar-refractivity contribution < 1.29 is 19.0 Å². The van der Waals surface area contributed by atoms with E-state index < -0.39 is 22.9 Å². The highest BCUT2D eigenvalue weighted by atomic mass is 31.1. The fraction of sp³-hybridized carbons (Fsp3) is 0.923. The Morgan fingerprint density at radius 1 is 0.800 bits per heavy atom. The maximum Gasteiger partial charge on any atom is 0.303 e. The van der Waals surface area contributed by atoms with Crippen molar-refractivity contribution in [3.63, 3.8) is 0 Å². The van der Waals surface area contributed by atoms with Crippen LogP contribution in [0.1, 0.15) is 57.8 Å². The van der Waals surface area contributed by atoms with Crippen LogP contribution in [0.3, 0.4) is 0 Å². The molecule has 7 heteroatoms. The lowest BCUT2D eigenvalue weighted by molar-refractivity contribution is -0.137. The van der Waals surface area contributed by atoms with Crippen LogP contribution in [0.4, 0.5) is 0 Å². The van der Waals surface area contributed by atoms with Gasteiger partial charge in [0.05, 0.1) is 16.9 Å². The third kappa shape index (κ3) is 14.3. The Labute approximate surface area is 124 Å². The number of carboxylic acid groups (broad SMARTS) is 1. The molecule has 120 valence electrons. The molecular formula is C13H29NO4P2. The lowest BCUT2D eigenvalue weighted by atomic mass is 10.1. The predicted molar refractivity (Wildman–Crippen MR) is 86.4 cm³/mol. The summed E-state index contributed by atoms with van der Waals surface area (Å²) in [5.74, 6) is -0.700. The van der Waals surface area contributed by atoms with Crippen LogP contribution in [0, 0.1) is 0 Å². The molecule has 0 aromatic carbocycles. The van der Waals surface area contributed by atoms with Crippen molar-refractivity contribution in [3.8, 4) is 0 Å². The van der Waals surface area contributed by atoms with Crippen molar-refractivity contribution in [2.45, 2.75) is 57.8 Å². The molecule has 0 amide bonds. The van der Waals surface area contributed by atoms with Gasteiger partial charge >= 0.3 is 5.97 Å². The summed E-state index contributed by atoms with van der Waals surface area (Å²) in [4.78, 5) is 12.4. The van der Waals surface area contributed by atoms with Gasteiger partial charge in [0.25, 0.3) is 0 Å². The number of carbonyl (C=O) groups is 1. The van der Waals surface area contributed by atoms with E-state index in [4.69, 9.17) is 5.11 Å². The Bertz CT molecular complexity index is 267. The molecule has 0 aliphatic heterocycles. The van der Waals surface area contributed by atoms with Crippen LogP contribution in [0.5, 0.6) is 0 Å². The zero-order valence-corrected chi connectivity index (χ0v) is 14.6. The standard InChI is InChI=1S/C13H29NO4P2/c15-13(16)9-7-5-3-1-2-4-6-8-10-14(11-19-17)12-20-18/h1-12,19-20H2,(H,15,16). The minimum absolute atomic E-state index is 0.291. The van der Waals surface area contributed by atoms with E-state index in [1.165, 1.54) is 19.3 Å². The second-order valence-electron chi connectivity index (χ2n) is 5.07. The third-order valence-electron chi connectivity index (χ3n) is 3.28. The summed E-state index contributed by atoms with van der Waals surface area (Å²) in [5, 5.41) is 8.49. The predicted octanol–water partition coefficient (Wildman–Crippen LogP) is 3.31. The second-order valence-corrected chi connectivity index (χ2v) is 6.46. The molecule has 0 aromatic heterocycles. The third-order valence-corrected chi connectivity index (χ3v) is 4.61. The molecule has 2 atom stereocenters. The molecule has 0 heterocycles. The van der Waals surface area contributed by atoms with Crippen molar-refractivity contribution >= 4 is 22.9 Å². The van der Waals surface area contributed by atoms with Crippen LogP contribution in [-0.4, -0.2) is 35.1 Å². The van der Waals surface area contributed by atoms with Crippen LogP contribution >= 0.6 is 16.9 Å². The SMILES string of the molecule is O=[PH2]CN(CCCCCCCCCCC(=O)O)C[PH2]=O. The normalized spacial score (nSPS) is 12.2. The minimum Gasteiger partial charge on any atom is -0.481 e. The summed E-state index contributed by atoms with van der Waals surface area (Å²) >= 11 is 0. The van der Waals surface area contributed by atoms with E-state index in [2.05, 4.69) is 0 Å². The zero-order valence-electron chi connectivity index (χ0n) is 12.3. The molecule has 0 radical (unpaired) electrons. The highest BCUT2D eigenvalue weighted by Gasteiger charge is 2.01. The van der Waals surface area contributed by atoms with Crippen LogP contribution < -0.4 is 0 Å². The van der Waals surface area contributed by atoms with Gasteiger partial charge in [-0.25, -0.2) is 0 Å². The Morgan fingerprint density at radius 3 is 1.70 bits per heavy atom. The highest BCUT2D eigenvalue weighted by molar-refractivity contribution is 7.24. The summed E-state index contributed by atoms with van der Waals surface area (Å²) in [6.45, 7) is 0.906. The van der Waals surface area contributed by atoms with Gasteiger partial charge in [0.2, 0.25) is 0 Å². The van der Waals surface area contributed by atoms with Crippen molar-refractivity contribution in [2.24, 2.45) is 0 Å². The average molecular weight is 325 g/mol. The van der Waals surface area contributed by atoms with Crippen molar-refractivity contribution in [1.82, 2.24) is 4.90 Å². The second kappa shape index (κ2) is 15.3. The van der Waals surface area contributed by atoms with Gasteiger partial charge in [-0.05, 0) is 19.4 Å². The molecule has 5 nitrogen and oxygen atoms in total. The van der Waals surface area contributed by atoms with Crippen LogP contribution in [0.2, 0.25) is 0 Å². The monoisotopic (exact) mass is 325 g/mol. The first kappa shape index (κ1) is 19.9. The number of unbranched alkanes of at least 4 members (excludes halogenated alkanes) is 7. The smallest absolute Gasteiger partial charge is 0.303 e. The number of carboxylic acids is 1. The average Bonchev–Trinajstić information content (AvgIpc) is 2.41. The molecule has 0 bridgehead atoms. The maximum atomic E-state index is 10.6. The van der Waals surface area contributed by atoms with Gasteiger partial charge in [-0.15, -0.1) is 0 Å². The van der Waals surface area contributed by atoms with E-state index in [0.717, 1.165) is 38.6 Å². The van der Waals surface area contributed by atoms with Crippen molar-refractivity contribution in [1.29, 1.82) is 0 Å². The Morgan fingerprint density at radius 2 is 1.25 bits per heavy atom. The molecule has 2 unspecified atom stereocenters. The molecule has 0 saturated carbocycles. The van der Waals surface area contributed by atoms with Crippen LogP contribution in [0.25, 0.3) is 0 Å². The Balaban J connectivity index is 3.28. The zero-order chi connectivity index (χ0) is 15.1. The number of hydrogen-bond donors (Lipinski definition) is 1. The van der Waals surface area contributed by atoms with Crippen LogP contribution in [-0.2, 0) is 13.9 Å². The van der Waals surface area contributed by atoms with Gasteiger partial charge < -0.3 is 14.2 Å². The van der Waals surface area contributed by atoms with E-state index in [9.17, 15) is 13.9 Å². The van der Waals surface area contributed by atoms with Gasteiger partial charge in [0.15, 0.2) is 0 Å². The van der Waals surface area contributed by atoms with Crippen LogP contribution in [0.15, 0.2) is 0 Å². The molecule has 0 spiro atoms. The van der Waals surface area contributed by atoms with E-state index >= 15 is 0 Å². The van der Waals surface area contributed by atoms with Crippen molar-refractivity contribution in [2.75, 3.05) is 19.1 Å². The highest BCUT2D eigenvalue weighted by Crippen LogP contribution is 2.11. The van der Waals surface area contributed by atoms with Gasteiger partial charge in [-0.3, -0.25) is 9.69 Å². The van der Waals surface area contributed by atoms with E-state index in [1.807, 2.05) is 4.90 Å².